The molecule has 2 aromatic heterocycles. The zero-order valence-electron chi connectivity index (χ0n) is 14.8. The number of aryl methyl sites for hydroxylation is 1. The zero-order chi connectivity index (χ0) is 19.2. The molecular weight excluding hydrogens is 368 g/mol. The van der Waals surface area contributed by atoms with Crippen molar-refractivity contribution < 1.29 is 13.9 Å². The molecule has 0 saturated heterocycles. The van der Waals surface area contributed by atoms with Gasteiger partial charge in [0.1, 0.15) is 11.3 Å². The van der Waals surface area contributed by atoms with Crippen molar-refractivity contribution in [1.82, 2.24) is 10.3 Å². The van der Waals surface area contributed by atoms with Gasteiger partial charge in [0.25, 0.3) is 5.91 Å². The number of nitrogens with one attached hydrogen (secondary N) is 1. The van der Waals surface area contributed by atoms with E-state index in [0.29, 0.717) is 17.2 Å². The molecule has 0 bridgehead atoms. The van der Waals surface area contributed by atoms with Gasteiger partial charge < -0.3 is 14.5 Å². The first-order chi connectivity index (χ1) is 13.1. The van der Waals surface area contributed by atoms with Crippen molar-refractivity contribution >= 4 is 28.5 Å². The number of amides is 1. The van der Waals surface area contributed by atoms with Gasteiger partial charge in [-0.25, -0.2) is 4.79 Å². The molecule has 1 aromatic carbocycles. The van der Waals surface area contributed by atoms with Gasteiger partial charge in [-0.05, 0) is 30.2 Å². The predicted octanol–water partition coefficient (Wildman–Crippen LogP) is 3.49. The molecule has 0 aliphatic rings. The molecule has 3 rings (SSSR count). The van der Waals surface area contributed by atoms with Crippen LogP contribution in [0.25, 0.3) is 11.0 Å². The summed E-state index contributed by atoms with van der Waals surface area (Å²) < 4.78 is 10.8. The summed E-state index contributed by atoms with van der Waals surface area (Å²) in [6, 6.07) is 10.2. The Hall–Kier alpha value is -2.86. The monoisotopic (exact) mass is 386 g/mol. The molecule has 0 atom stereocenters. The van der Waals surface area contributed by atoms with Gasteiger partial charge in [0.15, 0.2) is 6.61 Å². The standard InChI is InChI=1S/C20H19ClN2O4/c1-2-5-13-8-20(25)27-17-10-18(16(21)9-15(13)17)26-12-19(24)23-11-14-6-3-4-7-22-14/h3-4,6-10H,2,5,11-12H2,1H3,(H,23,24). The Bertz CT molecular complexity index is 1000. The van der Waals surface area contributed by atoms with E-state index in [9.17, 15) is 9.59 Å². The van der Waals surface area contributed by atoms with Crippen LogP contribution in [-0.4, -0.2) is 17.5 Å². The smallest absolute Gasteiger partial charge is 0.336 e. The fourth-order valence-corrected chi connectivity index (χ4v) is 2.92. The first-order valence-electron chi connectivity index (χ1n) is 8.62. The summed E-state index contributed by atoms with van der Waals surface area (Å²) in [5, 5.41) is 3.84. The number of carbonyl (C=O) groups excluding carboxylic acids is 1. The molecule has 140 valence electrons. The lowest BCUT2D eigenvalue weighted by Crippen LogP contribution is -2.28. The maximum Gasteiger partial charge on any atom is 0.336 e. The highest BCUT2D eigenvalue weighted by Gasteiger charge is 2.12. The highest BCUT2D eigenvalue weighted by molar-refractivity contribution is 6.32. The number of pyridine rings is 1. The highest BCUT2D eigenvalue weighted by atomic mass is 35.5. The van der Waals surface area contributed by atoms with Gasteiger partial charge >= 0.3 is 5.63 Å². The van der Waals surface area contributed by atoms with E-state index in [4.69, 9.17) is 20.8 Å². The number of carbonyl (C=O) groups is 1. The molecule has 0 radical (unpaired) electrons. The van der Waals surface area contributed by atoms with E-state index in [1.807, 2.05) is 19.1 Å². The summed E-state index contributed by atoms with van der Waals surface area (Å²) in [5.74, 6) is -0.0213. The SMILES string of the molecule is CCCc1cc(=O)oc2cc(OCC(=O)NCc3ccccn3)c(Cl)cc12. The summed E-state index contributed by atoms with van der Waals surface area (Å²) in [7, 11) is 0. The van der Waals surface area contributed by atoms with Crippen LogP contribution in [-0.2, 0) is 17.8 Å². The minimum absolute atomic E-state index is 0.211. The molecule has 0 saturated carbocycles. The first-order valence-corrected chi connectivity index (χ1v) is 9.00. The number of aromatic nitrogens is 1. The Labute approximate surface area is 161 Å². The van der Waals surface area contributed by atoms with Crippen molar-refractivity contribution in [3.05, 3.63) is 69.3 Å². The normalized spacial score (nSPS) is 10.7. The molecule has 1 amide bonds. The molecule has 2 heterocycles. The highest BCUT2D eigenvalue weighted by Crippen LogP contribution is 2.31. The minimum atomic E-state index is -0.424. The summed E-state index contributed by atoms with van der Waals surface area (Å²) in [4.78, 5) is 27.9. The maximum absolute atomic E-state index is 12.0. The van der Waals surface area contributed by atoms with Crippen molar-refractivity contribution in [3.8, 4) is 5.75 Å². The third-order valence-corrected chi connectivity index (χ3v) is 4.25. The largest absolute Gasteiger partial charge is 0.482 e. The van der Waals surface area contributed by atoms with Crippen molar-refractivity contribution in [3.63, 3.8) is 0 Å². The number of ether oxygens (including phenoxy) is 1. The number of rotatable bonds is 7. The Morgan fingerprint density at radius 1 is 1.30 bits per heavy atom. The van der Waals surface area contributed by atoms with E-state index in [2.05, 4.69) is 10.3 Å². The molecule has 0 aliphatic carbocycles. The predicted molar refractivity (Wildman–Crippen MR) is 103 cm³/mol. The van der Waals surface area contributed by atoms with Gasteiger partial charge in [0.05, 0.1) is 17.3 Å². The van der Waals surface area contributed by atoms with Crippen molar-refractivity contribution in [2.24, 2.45) is 0 Å². The Morgan fingerprint density at radius 3 is 2.89 bits per heavy atom. The van der Waals surface area contributed by atoms with E-state index in [-0.39, 0.29) is 18.3 Å². The fourth-order valence-electron chi connectivity index (χ4n) is 2.70. The van der Waals surface area contributed by atoms with Gasteiger partial charge in [-0.15, -0.1) is 0 Å². The lowest BCUT2D eigenvalue weighted by molar-refractivity contribution is -0.123. The topological polar surface area (TPSA) is 81.4 Å². The van der Waals surface area contributed by atoms with Crippen LogP contribution < -0.4 is 15.7 Å². The molecule has 0 aliphatic heterocycles. The number of nitrogens with zero attached hydrogens (tertiary/aromatic N) is 1. The van der Waals surface area contributed by atoms with E-state index >= 15 is 0 Å². The van der Waals surface area contributed by atoms with Crippen LogP contribution in [0.2, 0.25) is 5.02 Å². The third kappa shape index (κ3) is 4.86. The van der Waals surface area contributed by atoms with Gasteiger partial charge in [-0.1, -0.05) is 31.0 Å². The second-order valence-electron chi connectivity index (χ2n) is 6.01. The quantitative estimate of drug-likeness (QED) is 0.628. The van der Waals surface area contributed by atoms with Gasteiger partial charge in [0.2, 0.25) is 0 Å². The Morgan fingerprint density at radius 2 is 2.15 bits per heavy atom. The van der Waals surface area contributed by atoms with Crippen LogP contribution in [0.1, 0.15) is 24.6 Å². The van der Waals surface area contributed by atoms with Crippen LogP contribution in [0.5, 0.6) is 5.75 Å². The molecule has 0 spiro atoms. The second-order valence-corrected chi connectivity index (χ2v) is 6.41. The molecule has 1 N–H and O–H groups in total. The summed E-state index contributed by atoms with van der Waals surface area (Å²) in [6.07, 6.45) is 3.30. The number of hydrogen-bond donors (Lipinski definition) is 1. The van der Waals surface area contributed by atoms with E-state index < -0.39 is 5.63 Å². The molecular formula is C20H19ClN2O4. The van der Waals surface area contributed by atoms with Gasteiger partial charge in [0, 0.05) is 23.7 Å². The third-order valence-electron chi connectivity index (χ3n) is 3.95. The summed E-state index contributed by atoms with van der Waals surface area (Å²) in [5.41, 5.74) is 1.59. The molecule has 0 fully saturated rings. The number of benzene rings is 1. The number of halogens is 1. The van der Waals surface area contributed by atoms with Crippen molar-refractivity contribution in [1.29, 1.82) is 0 Å². The van der Waals surface area contributed by atoms with Crippen LogP contribution in [0.4, 0.5) is 0 Å². The number of fused-ring (bicyclic) bond motifs is 1. The Kier molecular flexibility index (Phi) is 6.08. The summed E-state index contributed by atoms with van der Waals surface area (Å²) >= 11 is 6.29. The Balaban J connectivity index is 1.70. The summed E-state index contributed by atoms with van der Waals surface area (Å²) in [6.45, 7) is 2.13. The molecule has 0 unspecified atom stereocenters. The van der Waals surface area contributed by atoms with Gasteiger partial charge in [-0.3, -0.25) is 9.78 Å². The van der Waals surface area contributed by atoms with E-state index in [0.717, 1.165) is 29.5 Å². The van der Waals surface area contributed by atoms with Crippen LogP contribution in [0.3, 0.4) is 0 Å². The van der Waals surface area contributed by atoms with Crippen LogP contribution in [0, 0.1) is 0 Å². The van der Waals surface area contributed by atoms with Crippen LogP contribution >= 0.6 is 11.6 Å². The average molecular weight is 387 g/mol. The average Bonchev–Trinajstić information content (AvgIpc) is 2.66. The molecule has 3 aromatic rings. The zero-order valence-corrected chi connectivity index (χ0v) is 15.6. The minimum Gasteiger partial charge on any atom is -0.482 e. The fraction of sp³-hybridized carbons (Fsp3) is 0.250. The molecule has 27 heavy (non-hydrogen) atoms. The number of hydrogen-bond acceptors (Lipinski definition) is 5. The van der Waals surface area contributed by atoms with Crippen LogP contribution in [0.15, 0.2) is 51.8 Å². The lowest BCUT2D eigenvalue weighted by atomic mass is 10.1. The first kappa shape index (κ1) is 18.9. The lowest BCUT2D eigenvalue weighted by Gasteiger charge is -2.11. The molecule has 7 heteroatoms. The van der Waals surface area contributed by atoms with Crippen molar-refractivity contribution in [2.75, 3.05) is 6.61 Å². The van der Waals surface area contributed by atoms with Gasteiger partial charge in [-0.2, -0.15) is 0 Å². The maximum atomic E-state index is 12.0. The van der Waals surface area contributed by atoms with Crippen molar-refractivity contribution in [2.45, 2.75) is 26.3 Å². The van der Waals surface area contributed by atoms with E-state index in [1.165, 1.54) is 6.07 Å². The molecule has 6 nitrogen and oxygen atoms in total. The second kappa shape index (κ2) is 8.68. The van der Waals surface area contributed by atoms with E-state index in [1.54, 1.807) is 24.4 Å².